The number of aryl methyl sites for hydroxylation is 1. The number of fused-ring (bicyclic) bond motifs is 1. The Morgan fingerprint density at radius 2 is 2.22 bits per heavy atom. The van der Waals surface area contributed by atoms with Crippen molar-refractivity contribution in [1.82, 2.24) is 29.6 Å². The van der Waals surface area contributed by atoms with Crippen LogP contribution in [-0.2, 0) is 17.2 Å². The summed E-state index contributed by atoms with van der Waals surface area (Å²) in [5.74, 6) is 1.78. The van der Waals surface area contributed by atoms with Gasteiger partial charge in [-0.1, -0.05) is 32.4 Å². The Bertz CT molecular complexity index is 1410. The molecule has 0 unspecified atom stereocenters. The third kappa shape index (κ3) is 4.47. The van der Waals surface area contributed by atoms with Crippen LogP contribution in [0.25, 0.3) is 11.2 Å². The molecule has 0 aliphatic carbocycles. The first kappa shape index (κ1) is 24.0. The van der Waals surface area contributed by atoms with E-state index in [1.54, 1.807) is 18.6 Å². The van der Waals surface area contributed by atoms with Crippen LogP contribution >= 0.6 is 11.6 Å². The van der Waals surface area contributed by atoms with Crippen LogP contribution in [0.2, 0.25) is 5.02 Å². The second-order valence-corrected chi connectivity index (χ2v) is 10.00. The van der Waals surface area contributed by atoms with E-state index in [4.69, 9.17) is 31.6 Å². The van der Waals surface area contributed by atoms with Gasteiger partial charge in [0.05, 0.1) is 31.3 Å². The van der Waals surface area contributed by atoms with Gasteiger partial charge in [0.15, 0.2) is 23.0 Å². The van der Waals surface area contributed by atoms with Gasteiger partial charge in [-0.2, -0.15) is 10.1 Å². The second kappa shape index (κ2) is 9.40. The predicted octanol–water partition coefficient (Wildman–Crippen LogP) is 4.21. The van der Waals surface area contributed by atoms with Crippen molar-refractivity contribution >= 4 is 47.0 Å². The van der Waals surface area contributed by atoms with E-state index in [-0.39, 0.29) is 17.2 Å². The van der Waals surface area contributed by atoms with E-state index < -0.39 is 0 Å². The molecule has 36 heavy (non-hydrogen) atoms. The lowest BCUT2D eigenvalue weighted by Crippen LogP contribution is -2.22. The number of imidazole rings is 1. The summed E-state index contributed by atoms with van der Waals surface area (Å²) < 4.78 is 15.4. The zero-order valence-corrected chi connectivity index (χ0v) is 21.3. The number of allylic oxidation sites excluding steroid dienone is 2. The maximum Gasteiger partial charge on any atom is 0.210 e. The second-order valence-electron chi connectivity index (χ2n) is 9.62. The molecule has 12 heteroatoms. The summed E-state index contributed by atoms with van der Waals surface area (Å²) in [5, 5.41) is 19.2. The van der Waals surface area contributed by atoms with Crippen LogP contribution in [0, 0.1) is 5.41 Å². The highest BCUT2D eigenvalue weighted by Crippen LogP contribution is 2.35. The van der Waals surface area contributed by atoms with Gasteiger partial charge in [-0.25, -0.2) is 4.98 Å². The van der Waals surface area contributed by atoms with E-state index in [1.807, 2.05) is 11.6 Å². The zero-order chi connectivity index (χ0) is 25.4. The fourth-order valence-electron chi connectivity index (χ4n) is 4.16. The molecule has 3 aromatic heterocycles. The van der Waals surface area contributed by atoms with Gasteiger partial charge in [0, 0.05) is 43.2 Å². The normalized spacial score (nSPS) is 19.0. The lowest BCUT2D eigenvalue weighted by molar-refractivity contribution is 0.183. The molecule has 1 atom stereocenters. The third-order valence-electron chi connectivity index (χ3n) is 6.02. The summed E-state index contributed by atoms with van der Waals surface area (Å²) in [6.45, 7) is 7.91. The number of hydrogen-bond acceptors (Lipinski definition) is 9. The zero-order valence-electron chi connectivity index (χ0n) is 20.5. The first-order chi connectivity index (χ1) is 17.3. The number of pyridine rings is 1. The fourth-order valence-corrected chi connectivity index (χ4v) is 4.46. The molecule has 1 fully saturated rings. The summed E-state index contributed by atoms with van der Waals surface area (Å²) in [6, 6.07) is 2.26. The van der Waals surface area contributed by atoms with E-state index in [9.17, 15) is 0 Å². The smallest absolute Gasteiger partial charge is 0.210 e. The number of halogens is 1. The van der Waals surface area contributed by atoms with Gasteiger partial charge in [0.25, 0.3) is 0 Å². The Morgan fingerprint density at radius 3 is 2.89 bits per heavy atom. The largest absolute Gasteiger partial charge is 0.450 e. The van der Waals surface area contributed by atoms with Crippen LogP contribution in [-0.4, -0.2) is 50.0 Å². The van der Waals surface area contributed by atoms with Gasteiger partial charge in [-0.05, 0) is 6.42 Å². The molecule has 0 aromatic carbocycles. The van der Waals surface area contributed by atoms with E-state index in [1.165, 1.54) is 6.20 Å². The number of anilines is 2. The monoisotopic (exact) mass is 509 g/mol. The standard InChI is InChI=1S/C24H28ClN9O2/c1-24(2,3)18-9-19(32-34(18)14-5-8-35-13-14)30-23-31-22-21(33(23)4)20(25)17(12-29-22)36-16(10-26)15-11-27-6-7-28-15/h6-7,9-12,14,26,28H,5,8,13H2,1-4H3,(H,29,30,31,32)/b16-15+,26-10?/t14-/m0/s1. The lowest BCUT2D eigenvalue weighted by Gasteiger charge is -2.22. The molecular formula is C24H28ClN9O2. The first-order valence-electron chi connectivity index (χ1n) is 11.6. The van der Waals surface area contributed by atoms with Crippen molar-refractivity contribution in [2.75, 3.05) is 18.5 Å². The number of hydrogen-bond donors (Lipinski definition) is 3. The number of aliphatic imine (C=N–C) groups is 1. The van der Waals surface area contributed by atoms with Gasteiger partial charge in [0.1, 0.15) is 16.2 Å². The highest BCUT2D eigenvalue weighted by Gasteiger charge is 2.28. The van der Waals surface area contributed by atoms with Gasteiger partial charge in [0.2, 0.25) is 5.95 Å². The van der Waals surface area contributed by atoms with Crippen LogP contribution in [0.5, 0.6) is 5.75 Å². The molecule has 1 saturated heterocycles. The van der Waals surface area contributed by atoms with Crippen molar-refractivity contribution in [3.8, 4) is 5.75 Å². The van der Waals surface area contributed by atoms with Gasteiger partial charge in [-0.3, -0.25) is 9.67 Å². The molecule has 5 heterocycles. The minimum absolute atomic E-state index is 0.0895. The number of rotatable bonds is 6. The molecule has 0 radical (unpaired) electrons. The average Bonchev–Trinajstić information content (AvgIpc) is 3.59. The van der Waals surface area contributed by atoms with Crippen molar-refractivity contribution in [3.63, 3.8) is 0 Å². The first-order valence-corrected chi connectivity index (χ1v) is 12.0. The Balaban J connectivity index is 1.47. The Kier molecular flexibility index (Phi) is 6.27. The summed E-state index contributed by atoms with van der Waals surface area (Å²) in [7, 11) is 1.84. The average molecular weight is 510 g/mol. The molecule has 2 aliphatic heterocycles. The van der Waals surface area contributed by atoms with Crippen molar-refractivity contribution in [2.45, 2.75) is 38.6 Å². The van der Waals surface area contributed by atoms with E-state index in [2.05, 4.69) is 57.1 Å². The third-order valence-corrected chi connectivity index (χ3v) is 6.39. The fraction of sp³-hybridized carbons (Fsp3) is 0.375. The number of aromatic nitrogens is 5. The van der Waals surface area contributed by atoms with E-state index in [0.717, 1.165) is 24.9 Å². The summed E-state index contributed by atoms with van der Waals surface area (Å²) in [5.41, 5.74) is 2.62. The Morgan fingerprint density at radius 1 is 1.39 bits per heavy atom. The SMILES string of the molecule is Cn1c(Nc2cc(C(C)(C)C)n([C@H]3CCOC3)n2)nc2ncc(O/C(C=N)=C3\C=NC=CN3)c(Cl)c21. The molecule has 2 aliphatic rings. The summed E-state index contributed by atoms with van der Waals surface area (Å²) in [6.07, 6.45) is 8.33. The van der Waals surface area contributed by atoms with Crippen LogP contribution in [0.3, 0.4) is 0 Å². The van der Waals surface area contributed by atoms with Gasteiger partial charge < -0.3 is 30.1 Å². The predicted molar refractivity (Wildman–Crippen MR) is 139 cm³/mol. The maximum atomic E-state index is 7.73. The van der Waals surface area contributed by atoms with Crippen molar-refractivity contribution in [3.05, 3.63) is 46.8 Å². The molecule has 0 amide bonds. The topological polar surface area (TPSA) is 127 Å². The molecule has 0 spiro atoms. The maximum absolute atomic E-state index is 7.73. The molecule has 3 N–H and O–H groups in total. The quantitative estimate of drug-likeness (QED) is 0.335. The minimum atomic E-state index is -0.0895. The molecule has 188 valence electrons. The van der Waals surface area contributed by atoms with Crippen LogP contribution in [0.15, 0.2) is 41.1 Å². The van der Waals surface area contributed by atoms with Crippen molar-refractivity contribution in [1.29, 1.82) is 5.41 Å². The molecule has 3 aromatic rings. The van der Waals surface area contributed by atoms with Crippen molar-refractivity contribution in [2.24, 2.45) is 12.0 Å². The van der Waals surface area contributed by atoms with Crippen LogP contribution in [0.4, 0.5) is 11.8 Å². The van der Waals surface area contributed by atoms with Crippen molar-refractivity contribution < 1.29 is 9.47 Å². The number of ether oxygens (including phenoxy) is 2. The number of nitrogens with one attached hydrogen (secondary N) is 3. The summed E-state index contributed by atoms with van der Waals surface area (Å²) >= 11 is 6.73. The van der Waals surface area contributed by atoms with Crippen LogP contribution < -0.4 is 15.4 Å². The molecular weight excluding hydrogens is 482 g/mol. The summed E-state index contributed by atoms with van der Waals surface area (Å²) in [4.78, 5) is 13.1. The molecule has 0 bridgehead atoms. The van der Waals surface area contributed by atoms with Gasteiger partial charge in [-0.15, -0.1) is 0 Å². The van der Waals surface area contributed by atoms with Gasteiger partial charge >= 0.3 is 0 Å². The van der Waals surface area contributed by atoms with E-state index >= 15 is 0 Å². The highest BCUT2D eigenvalue weighted by atomic mass is 35.5. The molecule has 11 nitrogen and oxygen atoms in total. The van der Waals surface area contributed by atoms with Crippen LogP contribution in [0.1, 0.15) is 38.9 Å². The lowest BCUT2D eigenvalue weighted by atomic mass is 9.91. The molecule has 0 saturated carbocycles. The highest BCUT2D eigenvalue weighted by molar-refractivity contribution is 6.36. The Hall–Kier alpha value is -3.70. The Labute approximate surface area is 213 Å². The van der Waals surface area contributed by atoms with E-state index in [0.29, 0.717) is 46.0 Å². The minimum Gasteiger partial charge on any atom is -0.450 e. The number of nitrogens with zero attached hydrogens (tertiary/aromatic N) is 6. The molecule has 5 rings (SSSR count).